The van der Waals surface area contributed by atoms with Crippen molar-refractivity contribution in [2.45, 2.75) is 98.0 Å². The van der Waals surface area contributed by atoms with Crippen molar-refractivity contribution in [3.05, 3.63) is 6.42 Å². The third-order valence-corrected chi connectivity index (χ3v) is 9.83. The van der Waals surface area contributed by atoms with E-state index >= 15 is 0 Å². The van der Waals surface area contributed by atoms with Crippen LogP contribution in [0.25, 0.3) is 0 Å². The molecule has 0 saturated heterocycles. The summed E-state index contributed by atoms with van der Waals surface area (Å²) in [5.74, 6) is 4.61. The molecule has 0 aromatic carbocycles. The highest BCUT2D eigenvalue weighted by atomic mass is 16.3. The molecule has 1 N–H and O–H groups in total. The average molecular weight is 346 g/mol. The van der Waals surface area contributed by atoms with Crippen LogP contribution in [0.5, 0.6) is 0 Å². The molecule has 4 fully saturated rings. The van der Waals surface area contributed by atoms with Gasteiger partial charge in [-0.3, -0.25) is 0 Å². The molecule has 4 aliphatic rings. The first kappa shape index (κ1) is 18.3. The van der Waals surface area contributed by atoms with Gasteiger partial charge in [-0.25, -0.2) is 0 Å². The summed E-state index contributed by atoms with van der Waals surface area (Å²) in [7, 11) is 0. The Hall–Kier alpha value is -0.0400. The molecule has 1 heteroatoms. The average Bonchev–Trinajstić information content (AvgIpc) is 2.93. The van der Waals surface area contributed by atoms with E-state index in [0.29, 0.717) is 16.7 Å². The van der Waals surface area contributed by atoms with Crippen LogP contribution < -0.4 is 0 Å². The molecular formula is C24H41O. The summed E-state index contributed by atoms with van der Waals surface area (Å²) >= 11 is 0. The van der Waals surface area contributed by atoms with Gasteiger partial charge in [0, 0.05) is 0 Å². The fourth-order valence-corrected chi connectivity index (χ4v) is 8.62. The lowest BCUT2D eigenvalue weighted by atomic mass is 9.44. The molecule has 0 aromatic heterocycles. The lowest BCUT2D eigenvalue weighted by molar-refractivity contribution is -0.150. The Kier molecular flexibility index (Phi) is 4.79. The summed E-state index contributed by atoms with van der Waals surface area (Å²) < 4.78 is 0. The Morgan fingerprint density at radius 1 is 1.12 bits per heavy atom. The van der Waals surface area contributed by atoms with Gasteiger partial charge in [0.1, 0.15) is 0 Å². The highest BCUT2D eigenvalue weighted by Crippen LogP contribution is 2.68. The summed E-state index contributed by atoms with van der Waals surface area (Å²) in [6, 6.07) is 0. The van der Waals surface area contributed by atoms with Crippen molar-refractivity contribution in [3.63, 3.8) is 0 Å². The van der Waals surface area contributed by atoms with Gasteiger partial charge in [-0.15, -0.1) is 0 Å². The van der Waals surface area contributed by atoms with Crippen LogP contribution in [-0.4, -0.2) is 11.2 Å². The fourth-order valence-electron chi connectivity index (χ4n) is 8.62. The number of rotatable bonds is 3. The van der Waals surface area contributed by atoms with E-state index in [-0.39, 0.29) is 6.10 Å². The fraction of sp³-hybridized carbons (Fsp3) is 0.958. The van der Waals surface area contributed by atoms with E-state index in [9.17, 15) is 5.11 Å². The lowest BCUT2D eigenvalue weighted by Gasteiger charge is -2.62. The van der Waals surface area contributed by atoms with E-state index in [0.717, 1.165) is 36.0 Å². The molecule has 143 valence electrons. The van der Waals surface area contributed by atoms with Crippen molar-refractivity contribution in [1.29, 1.82) is 0 Å². The highest BCUT2D eigenvalue weighted by Gasteiger charge is 2.62. The van der Waals surface area contributed by atoms with Gasteiger partial charge < -0.3 is 5.11 Å². The minimum absolute atomic E-state index is 0.0283. The second-order valence-electron chi connectivity index (χ2n) is 10.8. The zero-order valence-electron chi connectivity index (χ0n) is 17.1. The van der Waals surface area contributed by atoms with E-state index in [1.165, 1.54) is 57.8 Å². The van der Waals surface area contributed by atoms with Crippen LogP contribution in [0.1, 0.15) is 91.9 Å². The van der Waals surface area contributed by atoms with Gasteiger partial charge in [-0.1, -0.05) is 47.0 Å². The predicted octanol–water partition coefficient (Wildman–Crippen LogP) is 6.26. The van der Waals surface area contributed by atoms with Crippen molar-refractivity contribution in [1.82, 2.24) is 0 Å². The van der Waals surface area contributed by atoms with Crippen molar-refractivity contribution < 1.29 is 5.11 Å². The number of aliphatic hydroxyl groups is 1. The Labute approximate surface area is 156 Å². The minimum atomic E-state index is -0.0283. The van der Waals surface area contributed by atoms with E-state index < -0.39 is 0 Å². The zero-order valence-corrected chi connectivity index (χ0v) is 17.1. The number of hydrogen-bond donors (Lipinski definition) is 1. The van der Waals surface area contributed by atoms with Crippen LogP contribution in [0.2, 0.25) is 0 Å². The molecule has 9 atom stereocenters. The molecular weight excluding hydrogens is 304 g/mol. The monoisotopic (exact) mass is 345 g/mol. The van der Waals surface area contributed by atoms with Crippen LogP contribution in [-0.2, 0) is 0 Å². The largest absolute Gasteiger partial charge is 0.393 e. The molecule has 2 unspecified atom stereocenters. The molecule has 1 radical (unpaired) electrons. The molecule has 4 aliphatic carbocycles. The summed E-state index contributed by atoms with van der Waals surface area (Å²) in [6.07, 6.45) is 16.1. The van der Waals surface area contributed by atoms with Crippen LogP contribution in [0.4, 0.5) is 0 Å². The van der Waals surface area contributed by atoms with Gasteiger partial charge in [-0.2, -0.15) is 0 Å². The Bertz CT molecular complexity index is 486. The molecule has 25 heavy (non-hydrogen) atoms. The Morgan fingerprint density at radius 3 is 2.68 bits per heavy atom. The molecule has 4 saturated carbocycles. The molecule has 0 aromatic rings. The third-order valence-electron chi connectivity index (χ3n) is 9.83. The van der Waals surface area contributed by atoms with Gasteiger partial charge in [0.15, 0.2) is 0 Å². The number of fused-ring (bicyclic) bond motifs is 5. The molecule has 1 nitrogen and oxygen atoms in total. The maximum atomic E-state index is 11.2. The van der Waals surface area contributed by atoms with E-state index in [4.69, 9.17) is 0 Å². The van der Waals surface area contributed by atoms with Crippen molar-refractivity contribution >= 4 is 0 Å². The molecule has 0 spiro atoms. The smallest absolute Gasteiger partial charge is 0.0577 e. The third kappa shape index (κ3) is 2.66. The van der Waals surface area contributed by atoms with Gasteiger partial charge >= 0.3 is 0 Å². The van der Waals surface area contributed by atoms with Crippen molar-refractivity contribution in [2.24, 2.45) is 46.3 Å². The van der Waals surface area contributed by atoms with E-state index in [1.807, 2.05) is 0 Å². The van der Waals surface area contributed by atoms with Crippen LogP contribution >= 0.6 is 0 Å². The maximum absolute atomic E-state index is 11.2. The SMILES string of the molecule is CCC[C@@H](C)[C@H]1CC[C@H]2[C@@H]3C(O)CC4CCC[CH][C@]4(C)[C@H]3CC[C@]12C. The first-order valence-corrected chi connectivity index (χ1v) is 11.4. The van der Waals surface area contributed by atoms with Gasteiger partial charge in [0.05, 0.1) is 6.10 Å². The second kappa shape index (κ2) is 6.54. The molecule has 4 rings (SSSR count). The normalized spacial score (nSPS) is 53.6. The highest BCUT2D eigenvalue weighted by molar-refractivity contribution is 5.14. The zero-order chi connectivity index (χ0) is 17.8. The molecule has 0 bridgehead atoms. The van der Waals surface area contributed by atoms with Crippen LogP contribution in [0.3, 0.4) is 0 Å². The number of hydrogen-bond acceptors (Lipinski definition) is 1. The maximum Gasteiger partial charge on any atom is 0.0577 e. The van der Waals surface area contributed by atoms with Gasteiger partial charge in [0.25, 0.3) is 0 Å². The molecule has 0 heterocycles. The summed E-state index contributed by atoms with van der Waals surface area (Å²) in [5.41, 5.74) is 0.908. The second-order valence-corrected chi connectivity index (χ2v) is 10.8. The standard InChI is InChI=1S/C24H41O/c1-5-8-16(2)18-10-11-19-22-20(12-14-24(18,19)4)23(3)13-7-6-9-17(23)15-21(22)25/h13,16-22,25H,5-12,14-15H2,1-4H3/t16-,17?,18-,19+,20+,21?,22+,23+,24-/m1/s1. The quantitative estimate of drug-likeness (QED) is 0.640. The van der Waals surface area contributed by atoms with Gasteiger partial charge in [-0.05, 0) is 97.7 Å². The lowest BCUT2D eigenvalue weighted by Crippen LogP contribution is -2.58. The Balaban J connectivity index is 1.61. The van der Waals surface area contributed by atoms with Crippen LogP contribution in [0.15, 0.2) is 0 Å². The topological polar surface area (TPSA) is 20.2 Å². The Morgan fingerprint density at radius 2 is 1.92 bits per heavy atom. The summed E-state index contributed by atoms with van der Waals surface area (Å²) in [5, 5.41) is 11.2. The first-order chi connectivity index (χ1) is 11.9. The summed E-state index contributed by atoms with van der Waals surface area (Å²) in [4.78, 5) is 0. The van der Waals surface area contributed by atoms with E-state index in [2.05, 4.69) is 34.1 Å². The van der Waals surface area contributed by atoms with Crippen LogP contribution in [0, 0.1) is 52.8 Å². The van der Waals surface area contributed by atoms with Gasteiger partial charge in [0.2, 0.25) is 0 Å². The predicted molar refractivity (Wildman–Crippen MR) is 105 cm³/mol. The minimum Gasteiger partial charge on any atom is -0.393 e. The van der Waals surface area contributed by atoms with E-state index in [1.54, 1.807) is 0 Å². The first-order valence-electron chi connectivity index (χ1n) is 11.4. The van der Waals surface area contributed by atoms with Crippen molar-refractivity contribution in [3.8, 4) is 0 Å². The van der Waals surface area contributed by atoms with Crippen molar-refractivity contribution in [2.75, 3.05) is 0 Å². The number of aliphatic hydroxyl groups excluding tert-OH is 1. The molecule has 0 aliphatic heterocycles. The summed E-state index contributed by atoms with van der Waals surface area (Å²) in [6.45, 7) is 10.0. The molecule has 0 amide bonds.